The maximum Gasteiger partial charge on any atom is 0.0731 e. The van der Waals surface area contributed by atoms with Crippen LogP contribution in [0.5, 0.6) is 5.75 Å². The maximum atomic E-state index is 10.9. The number of nitrogens with zero attached hydrogens (tertiary/aromatic N) is 1. The number of fused-ring (bicyclic) bond motifs is 1. The molecule has 0 spiro atoms. The van der Waals surface area contributed by atoms with Crippen LogP contribution in [0.3, 0.4) is 0 Å². The van der Waals surface area contributed by atoms with Gasteiger partial charge in [0.15, 0.2) is 0 Å². The lowest BCUT2D eigenvalue weighted by Gasteiger charge is -1.97. The second-order valence-corrected chi connectivity index (χ2v) is 2.86. The second kappa shape index (κ2) is 1.95. The number of hydrogen-bond donors (Lipinski definition) is 0. The molecule has 10 heavy (non-hydrogen) atoms. The zero-order valence-corrected chi connectivity index (χ0v) is 5.89. The molecule has 0 aromatic carbocycles. The molecule has 0 aliphatic heterocycles. The molecule has 3 heteroatoms. The largest absolute Gasteiger partial charge is 0.870 e. The van der Waals surface area contributed by atoms with Gasteiger partial charge in [0.1, 0.15) is 0 Å². The molecule has 0 aliphatic rings. The summed E-state index contributed by atoms with van der Waals surface area (Å²) in [5, 5.41) is 12.5. The molecule has 0 radical (unpaired) electrons. The third kappa shape index (κ3) is 0.675. The lowest BCUT2D eigenvalue weighted by atomic mass is 10.4. The average molecular weight is 150 g/mol. The van der Waals surface area contributed by atoms with Crippen LogP contribution in [0.4, 0.5) is 0 Å². The van der Waals surface area contributed by atoms with Gasteiger partial charge < -0.3 is 5.11 Å². The Labute approximate surface area is 61.8 Å². The second-order valence-electron chi connectivity index (χ2n) is 1.95. The molecule has 0 fully saturated rings. The Morgan fingerprint density at radius 3 is 3.20 bits per heavy atom. The van der Waals surface area contributed by atoms with Crippen LogP contribution in [-0.4, -0.2) is 4.98 Å². The Bertz CT molecular complexity index is 355. The van der Waals surface area contributed by atoms with Gasteiger partial charge in [0, 0.05) is 6.20 Å². The van der Waals surface area contributed by atoms with Gasteiger partial charge in [0.05, 0.1) is 10.2 Å². The van der Waals surface area contributed by atoms with E-state index in [4.69, 9.17) is 0 Å². The van der Waals surface area contributed by atoms with Gasteiger partial charge in [-0.15, -0.1) is 11.3 Å². The summed E-state index contributed by atoms with van der Waals surface area (Å²) in [6.07, 6.45) is 1.64. The zero-order chi connectivity index (χ0) is 6.97. The van der Waals surface area contributed by atoms with Gasteiger partial charge in [0.2, 0.25) is 0 Å². The van der Waals surface area contributed by atoms with E-state index in [2.05, 4.69) is 4.98 Å². The third-order valence-corrected chi connectivity index (χ3v) is 2.21. The van der Waals surface area contributed by atoms with Gasteiger partial charge in [-0.2, -0.15) is 0 Å². The van der Waals surface area contributed by atoms with Crippen molar-refractivity contribution in [1.29, 1.82) is 0 Å². The lowest BCUT2D eigenvalue weighted by Crippen LogP contribution is -1.86. The fourth-order valence-corrected chi connectivity index (χ4v) is 1.61. The molecule has 0 N–H and O–H groups in total. The van der Waals surface area contributed by atoms with Crippen LogP contribution in [0.1, 0.15) is 0 Å². The molecule has 2 rings (SSSR count). The van der Waals surface area contributed by atoms with E-state index in [-0.39, 0.29) is 5.75 Å². The summed E-state index contributed by atoms with van der Waals surface area (Å²) in [5.74, 6) is 0.0283. The van der Waals surface area contributed by atoms with Gasteiger partial charge >= 0.3 is 0 Å². The van der Waals surface area contributed by atoms with Gasteiger partial charge in [0.25, 0.3) is 0 Å². The summed E-state index contributed by atoms with van der Waals surface area (Å²) in [6, 6.07) is 3.73. The zero-order valence-electron chi connectivity index (χ0n) is 5.07. The van der Waals surface area contributed by atoms with Crippen molar-refractivity contribution in [2.75, 3.05) is 0 Å². The molecule has 2 nitrogen and oxygen atoms in total. The Kier molecular flexibility index (Phi) is 1.11. The minimum absolute atomic E-state index is 0.0283. The first-order valence-corrected chi connectivity index (χ1v) is 3.75. The van der Waals surface area contributed by atoms with Crippen molar-refractivity contribution in [3.8, 4) is 5.75 Å². The highest BCUT2D eigenvalue weighted by molar-refractivity contribution is 7.17. The minimum Gasteiger partial charge on any atom is -0.870 e. The first-order chi connectivity index (χ1) is 4.88. The van der Waals surface area contributed by atoms with Crippen molar-refractivity contribution < 1.29 is 5.11 Å². The van der Waals surface area contributed by atoms with Crippen molar-refractivity contribution in [3.63, 3.8) is 0 Å². The smallest absolute Gasteiger partial charge is 0.0731 e. The molecule has 0 saturated heterocycles. The molecular weight excluding hydrogens is 146 g/mol. The molecule has 2 heterocycles. The van der Waals surface area contributed by atoms with Crippen LogP contribution in [0.15, 0.2) is 23.7 Å². The Morgan fingerprint density at radius 2 is 2.40 bits per heavy atom. The van der Waals surface area contributed by atoms with Gasteiger partial charge in [-0.05, 0) is 17.5 Å². The quantitative estimate of drug-likeness (QED) is 0.568. The van der Waals surface area contributed by atoms with E-state index in [9.17, 15) is 5.11 Å². The Hall–Kier alpha value is -1.09. The number of thiophene rings is 1. The molecule has 0 saturated carbocycles. The molecule has 2 aromatic heterocycles. The Morgan fingerprint density at radius 1 is 1.50 bits per heavy atom. The standard InChI is InChI=1S/C7H5NOS/c9-5-4-10-6-2-1-3-8-7(5)6/h1-4,9H/p-1. The summed E-state index contributed by atoms with van der Waals surface area (Å²) in [5.41, 5.74) is 0.590. The van der Waals surface area contributed by atoms with E-state index >= 15 is 0 Å². The monoisotopic (exact) mass is 150 g/mol. The summed E-state index contributed by atoms with van der Waals surface area (Å²) < 4.78 is 0.965. The fraction of sp³-hybridized carbons (Fsp3) is 0. The number of rotatable bonds is 0. The van der Waals surface area contributed by atoms with Crippen LogP contribution >= 0.6 is 11.3 Å². The SMILES string of the molecule is [O-]c1csc2cccnc12. The van der Waals surface area contributed by atoms with Crippen LogP contribution < -0.4 is 5.11 Å². The third-order valence-electron chi connectivity index (χ3n) is 1.30. The summed E-state index contributed by atoms with van der Waals surface area (Å²) in [7, 11) is 0. The normalized spacial score (nSPS) is 10.4. The number of aromatic nitrogens is 1. The molecule has 0 aliphatic carbocycles. The lowest BCUT2D eigenvalue weighted by molar-refractivity contribution is -0.265. The fourth-order valence-electron chi connectivity index (χ4n) is 0.844. The van der Waals surface area contributed by atoms with Crippen LogP contribution in [0.2, 0.25) is 0 Å². The molecule has 0 unspecified atom stereocenters. The molecular formula is C7H4NOS-. The van der Waals surface area contributed by atoms with E-state index in [1.165, 1.54) is 11.3 Å². The highest BCUT2D eigenvalue weighted by Gasteiger charge is 1.93. The summed E-state index contributed by atoms with van der Waals surface area (Å²) in [6.45, 7) is 0. The van der Waals surface area contributed by atoms with Gasteiger partial charge in [-0.1, -0.05) is 5.75 Å². The number of hydrogen-bond acceptors (Lipinski definition) is 3. The van der Waals surface area contributed by atoms with Crippen molar-refractivity contribution in [2.45, 2.75) is 0 Å². The minimum atomic E-state index is 0.0283. The van der Waals surface area contributed by atoms with Crippen LogP contribution in [0, 0.1) is 0 Å². The van der Waals surface area contributed by atoms with E-state index in [0.717, 1.165) is 4.70 Å². The first kappa shape index (κ1) is 5.68. The average Bonchev–Trinajstić information content (AvgIpc) is 2.34. The Balaban J connectivity index is 2.93. The molecule has 0 atom stereocenters. The van der Waals surface area contributed by atoms with Crippen molar-refractivity contribution in [1.82, 2.24) is 4.98 Å². The number of pyridine rings is 1. The highest BCUT2D eigenvalue weighted by Crippen LogP contribution is 2.25. The molecule has 0 amide bonds. The molecule has 2 aromatic rings. The molecule has 50 valence electrons. The predicted molar refractivity (Wildman–Crippen MR) is 39.1 cm³/mol. The van der Waals surface area contributed by atoms with Crippen molar-refractivity contribution in [2.24, 2.45) is 0 Å². The maximum absolute atomic E-state index is 10.9. The van der Waals surface area contributed by atoms with Crippen LogP contribution in [-0.2, 0) is 0 Å². The summed E-state index contributed by atoms with van der Waals surface area (Å²) >= 11 is 1.44. The van der Waals surface area contributed by atoms with E-state index in [1.54, 1.807) is 11.6 Å². The topological polar surface area (TPSA) is 36.0 Å². The van der Waals surface area contributed by atoms with Crippen LogP contribution in [0.25, 0.3) is 10.2 Å². The predicted octanol–water partition coefficient (Wildman–Crippen LogP) is 1.37. The first-order valence-electron chi connectivity index (χ1n) is 2.87. The van der Waals surface area contributed by atoms with Crippen molar-refractivity contribution in [3.05, 3.63) is 23.7 Å². The highest BCUT2D eigenvalue weighted by atomic mass is 32.1. The van der Waals surface area contributed by atoms with E-state index in [0.29, 0.717) is 5.52 Å². The summed E-state index contributed by atoms with van der Waals surface area (Å²) in [4.78, 5) is 3.94. The van der Waals surface area contributed by atoms with E-state index in [1.807, 2.05) is 12.1 Å². The van der Waals surface area contributed by atoms with Crippen molar-refractivity contribution >= 4 is 21.6 Å². The molecule has 0 bridgehead atoms. The van der Waals surface area contributed by atoms with Gasteiger partial charge in [-0.25, -0.2) is 0 Å². The van der Waals surface area contributed by atoms with E-state index < -0.39 is 0 Å². The van der Waals surface area contributed by atoms with Gasteiger partial charge in [-0.3, -0.25) is 4.98 Å².